The van der Waals surface area contributed by atoms with E-state index in [9.17, 15) is 9.59 Å². The molecule has 5 nitrogen and oxygen atoms in total. The summed E-state index contributed by atoms with van der Waals surface area (Å²) in [7, 11) is 0. The second kappa shape index (κ2) is 5.53. The first kappa shape index (κ1) is 12.4. The van der Waals surface area contributed by atoms with Crippen molar-refractivity contribution in [1.29, 1.82) is 0 Å². The topological polar surface area (TPSA) is 70.2 Å². The van der Waals surface area contributed by atoms with Gasteiger partial charge in [0.05, 0.1) is 17.8 Å². The van der Waals surface area contributed by atoms with Crippen molar-refractivity contribution < 1.29 is 9.59 Å². The molecule has 5 heteroatoms. The Kier molecular flexibility index (Phi) is 3.82. The third-order valence-corrected chi connectivity index (χ3v) is 2.79. The first-order chi connectivity index (χ1) is 8.70. The van der Waals surface area contributed by atoms with Gasteiger partial charge >= 0.3 is 0 Å². The van der Waals surface area contributed by atoms with Gasteiger partial charge in [0.2, 0.25) is 11.8 Å². The number of benzene rings is 1. The van der Waals surface area contributed by atoms with Crippen molar-refractivity contribution in [2.24, 2.45) is 0 Å². The number of carbonyl (C=O) groups excluding carboxylic acids is 2. The molecule has 1 atom stereocenters. The number of para-hydroxylation sites is 2. The van der Waals surface area contributed by atoms with Crippen LogP contribution in [0.15, 0.2) is 24.3 Å². The first-order valence-corrected chi connectivity index (χ1v) is 6.14. The van der Waals surface area contributed by atoms with Crippen molar-refractivity contribution in [3.8, 4) is 0 Å². The van der Waals surface area contributed by atoms with Crippen LogP contribution >= 0.6 is 0 Å². The molecule has 0 aromatic heterocycles. The second-order valence-electron chi connectivity index (χ2n) is 4.29. The average Bonchev–Trinajstić information content (AvgIpc) is 2.37. The molecule has 0 radical (unpaired) electrons. The Balaban J connectivity index is 1.99. The molecule has 0 spiro atoms. The normalized spacial score (nSPS) is 17.4. The highest BCUT2D eigenvalue weighted by Crippen LogP contribution is 2.26. The molecular weight excluding hydrogens is 230 g/mol. The van der Waals surface area contributed by atoms with Crippen LogP contribution in [-0.4, -0.2) is 24.4 Å². The van der Waals surface area contributed by atoms with E-state index < -0.39 is 6.04 Å². The molecule has 0 saturated heterocycles. The van der Waals surface area contributed by atoms with Crippen molar-refractivity contribution in [1.82, 2.24) is 5.32 Å². The first-order valence-electron chi connectivity index (χ1n) is 6.14. The van der Waals surface area contributed by atoms with Crippen LogP contribution in [0.3, 0.4) is 0 Å². The number of hydrogen-bond acceptors (Lipinski definition) is 3. The molecular formula is C13H17N3O2. The molecule has 18 heavy (non-hydrogen) atoms. The maximum absolute atomic E-state index is 11.8. The van der Waals surface area contributed by atoms with Gasteiger partial charge in [-0.05, 0) is 18.6 Å². The summed E-state index contributed by atoms with van der Waals surface area (Å²) < 4.78 is 0. The van der Waals surface area contributed by atoms with E-state index in [0.29, 0.717) is 6.54 Å². The molecule has 2 amide bonds. The number of anilines is 2. The summed E-state index contributed by atoms with van der Waals surface area (Å²) in [6.45, 7) is 2.63. The van der Waals surface area contributed by atoms with Gasteiger partial charge in [0.25, 0.3) is 0 Å². The Morgan fingerprint density at radius 2 is 2.06 bits per heavy atom. The summed E-state index contributed by atoms with van der Waals surface area (Å²) >= 11 is 0. The summed E-state index contributed by atoms with van der Waals surface area (Å²) in [4.78, 5) is 23.4. The molecule has 1 aliphatic heterocycles. The van der Waals surface area contributed by atoms with Crippen LogP contribution < -0.4 is 16.0 Å². The summed E-state index contributed by atoms with van der Waals surface area (Å²) in [6, 6.07) is 6.95. The lowest BCUT2D eigenvalue weighted by Crippen LogP contribution is -2.42. The van der Waals surface area contributed by atoms with Gasteiger partial charge in [-0.15, -0.1) is 0 Å². The van der Waals surface area contributed by atoms with E-state index >= 15 is 0 Å². The van der Waals surface area contributed by atoms with Crippen molar-refractivity contribution in [3.63, 3.8) is 0 Å². The fourth-order valence-corrected chi connectivity index (χ4v) is 1.86. The molecule has 96 valence electrons. The van der Waals surface area contributed by atoms with Crippen molar-refractivity contribution in [2.45, 2.75) is 25.8 Å². The van der Waals surface area contributed by atoms with Crippen molar-refractivity contribution >= 4 is 23.2 Å². The zero-order chi connectivity index (χ0) is 13.0. The van der Waals surface area contributed by atoms with Crippen LogP contribution in [-0.2, 0) is 9.59 Å². The SMILES string of the molecule is CCCNC(=O)C[C@@H]1Nc2ccccc2NC1=O. The van der Waals surface area contributed by atoms with Gasteiger partial charge in [-0.3, -0.25) is 9.59 Å². The third kappa shape index (κ3) is 2.80. The van der Waals surface area contributed by atoms with Gasteiger partial charge in [-0.2, -0.15) is 0 Å². The largest absolute Gasteiger partial charge is 0.372 e. The van der Waals surface area contributed by atoms with Gasteiger partial charge < -0.3 is 16.0 Å². The minimum Gasteiger partial charge on any atom is -0.372 e. The number of rotatable bonds is 4. The second-order valence-corrected chi connectivity index (χ2v) is 4.29. The molecule has 2 rings (SSSR count). The Labute approximate surface area is 106 Å². The zero-order valence-corrected chi connectivity index (χ0v) is 10.3. The minimum atomic E-state index is -0.503. The van der Waals surface area contributed by atoms with Gasteiger partial charge in [-0.1, -0.05) is 19.1 Å². The van der Waals surface area contributed by atoms with E-state index in [2.05, 4.69) is 16.0 Å². The monoisotopic (exact) mass is 247 g/mol. The molecule has 0 saturated carbocycles. The summed E-state index contributed by atoms with van der Waals surface area (Å²) in [5.41, 5.74) is 1.61. The highest BCUT2D eigenvalue weighted by atomic mass is 16.2. The molecule has 1 aliphatic rings. The predicted molar refractivity (Wildman–Crippen MR) is 70.4 cm³/mol. The smallest absolute Gasteiger partial charge is 0.247 e. The molecule has 1 heterocycles. The molecule has 3 N–H and O–H groups in total. The Morgan fingerprint density at radius 1 is 1.33 bits per heavy atom. The summed E-state index contributed by atoms with van der Waals surface area (Å²) in [5.74, 6) is -0.274. The molecule has 0 aliphatic carbocycles. The lowest BCUT2D eigenvalue weighted by Gasteiger charge is -2.26. The van der Waals surface area contributed by atoms with Gasteiger partial charge in [0.1, 0.15) is 6.04 Å². The Hall–Kier alpha value is -2.04. The van der Waals surface area contributed by atoms with E-state index in [1.54, 1.807) is 0 Å². The van der Waals surface area contributed by atoms with E-state index in [0.717, 1.165) is 17.8 Å². The molecule has 0 unspecified atom stereocenters. The van der Waals surface area contributed by atoms with Crippen molar-refractivity contribution in [3.05, 3.63) is 24.3 Å². The number of carbonyl (C=O) groups is 2. The zero-order valence-electron chi connectivity index (χ0n) is 10.3. The van der Waals surface area contributed by atoms with E-state index in [-0.39, 0.29) is 18.2 Å². The average molecular weight is 247 g/mol. The summed E-state index contributed by atoms with van der Waals surface area (Å²) in [6.07, 6.45) is 1.04. The third-order valence-electron chi connectivity index (χ3n) is 2.79. The summed E-state index contributed by atoms with van der Waals surface area (Å²) in [5, 5.41) is 8.64. The highest BCUT2D eigenvalue weighted by Gasteiger charge is 2.26. The lowest BCUT2D eigenvalue weighted by atomic mass is 10.1. The quantitative estimate of drug-likeness (QED) is 0.752. The number of hydrogen-bond donors (Lipinski definition) is 3. The fourth-order valence-electron chi connectivity index (χ4n) is 1.86. The Bertz CT molecular complexity index is 459. The van der Waals surface area contributed by atoms with Crippen LogP contribution in [0.4, 0.5) is 11.4 Å². The van der Waals surface area contributed by atoms with Crippen LogP contribution in [0, 0.1) is 0 Å². The number of amides is 2. The van der Waals surface area contributed by atoms with Gasteiger partial charge in [0, 0.05) is 6.54 Å². The molecule has 1 aromatic rings. The van der Waals surface area contributed by atoms with Gasteiger partial charge in [-0.25, -0.2) is 0 Å². The van der Waals surface area contributed by atoms with Crippen LogP contribution in [0.25, 0.3) is 0 Å². The van der Waals surface area contributed by atoms with Crippen molar-refractivity contribution in [2.75, 3.05) is 17.2 Å². The predicted octanol–water partition coefficient (Wildman–Crippen LogP) is 1.34. The number of fused-ring (bicyclic) bond motifs is 1. The molecule has 1 aromatic carbocycles. The van der Waals surface area contributed by atoms with E-state index in [4.69, 9.17) is 0 Å². The fraction of sp³-hybridized carbons (Fsp3) is 0.385. The van der Waals surface area contributed by atoms with E-state index in [1.807, 2.05) is 31.2 Å². The van der Waals surface area contributed by atoms with Crippen LogP contribution in [0.1, 0.15) is 19.8 Å². The van der Waals surface area contributed by atoms with Crippen LogP contribution in [0.5, 0.6) is 0 Å². The molecule has 0 fully saturated rings. The number of nitrogens with one attached hydrogen (secondary N) is 3. The maximum Gasteiger partial charge on any atom is 0.247 e. The van der Waals surface area contributed by atoms with Gasteiger partial charge in [0.15, 0.2) is 0 Å². The maximum atomic E-state index is 11.8. The lowest BCUT2D eigenvalue weighted by molar-refractivity contribution is -0.125. The standard InChI is InChI=1S/C13H17N3O2/c1-2-7-14-12(17)8-11-13(18)16-10-6-4-3-5-9(10)15-11/h3-6,11,15H,2,7-8H2,1H3,(H,14,17)(H,16,18)/t11-/m0/s1. The molecule has 0 bridgehead atoms. The van der Waals surface area contributed by atoms with E-state index in [1.165, 1.54) is 0 Å². The highest BCUT2D eigenvalue weighted by molar-refractivity contribution is 6.04. The minimum absolute atomic E-state index is 0.108. The van der Waals surface area contributed by atoms with Crippen LogP contribution in [0.2, 0.25) is 0 Å². The Morgan fingerprint density at radius 3 is 2.78 bits per heavy atom.